The Kier molecular flexibility index (Phi) is 5.73. The number of nitrogens with zero attached hydrogens (tertiary/aromatic N) is 1. The van der Waals surface area contributed by atoms with E-state index < -0.39 is 0 Å². The first kappa shape index (κ1) is 15.2. The van der Waals surface area contributed by atoms with Gasteiger partial charge in [0.2, 0.25) is 0 Å². The van der Waals surface area contributed by atoms with Gasteiger partial charge in [0.1, 0.15) is 11.5 Å². The molecule has 0 aromatic carbocycles. The Morgan fingerprint density at radius 1 is 1.45 bits per heavy atom. The molecule has 0 aliphatic rings. The van der Waals surface area contributed by atoms with Crippen LogP contribution in [0.1, 0.15) is 31.6 Å². The normalized spacial score (nSPS) is 12.8. The molecule has 2 aromatic heterocycles. The van der Waals surface area contributed by atoms with Crippen molar-refractivity contribution in [2.45, 2.75) is 39.8 Å². The van der Waals surface area contributed by atoms with Crippen molar-refractivity contribution < 1.29 is 4.42 Å². The molecule has 0 saturated carbocycles. The number of aromatic amines is 1. The number of thioether (sulfide) groups is 1. The van der Waals surface area contributed by atoms with Crippen LogP contribution in [-0.4, -0.2) is 27.7 Å². The highest BCUT2D eigenvalue weighted by atomic mass is 32.2. The van der Waals surface area contributed by atoms with Gasteiger partial charge in [-0.25, -0.2) is 0 Å². The SMILES string of the molecule is CCSCCC(C)NCc1cn[nH]c1-c1ccc(C)o1. The largest absolute Gasteiger partial charge is 0.460 e. The molecular formula is C15H23N3OS. The third kappa shape index (κ3) is 4.15. The van der Waals surface area contributed by atoms with E-state index in [1.807, 2.05) is 37.0 Å². The van der Waals surface area contributed by atoms with E-state index in [1.54, 1.807) is 0 Å². The molecule has 0 bridgehead atoms. The average molecular weight is 293 g/mol. The zero-order valence-electron chi connectivity index (χ0n) is 12.4. The number of nitrogens with one attached hydrogen (secondary N) is 2. The first-order valence-corrected chi connectivity index (χ1v) is 8.26. The van der Waals surface area contributed by atoms with Gasteiger partial charge in [-0.1, -0.05) is 6.92 Å². The molecule has 0 radical (unpaired) electrons. The lowest BCUT2D eigenvalue weighted by atomic mass is 10.2. The molecule has 20 heavy (non-hydrogen) atoms. The maximum Gasteiger partial charge on any atom is 0.152 e. The summed E-state index contributed by atoms with van der Waals surface area (Å²) in [6.07, 6.45) is 3.05. The Bertz CT molecular complexity index is 521. The maximum absolute atomic E-state index is 5.65. The summed E-state index contributed by atoms with van der Waals surface area (Å²) in [7, 11) is 0. The van der Waals surface area contributed by atoms with Gasteiger partial charge in [0.25, 0.3) is 0 Å². The molecule has 2 heterocycles. The molecule has 0 amide bonds. The number of aryl methyl sites for hydroxylation is 1. The van der Waals surface area contributed by atoms with E-state index in [9.17, 15) is 0 Å². The second-order valence-corrected chi connectivity index (χ2v) is 6.34. The van der Waals surface area contributed by atoms with E-state index in [4.69, 9.17) is 4.42 Å². The van der Waals surface area contributed by atoms with Crippen LogP contribution in [-0.2, 0) is 6.54 Å². The summed E-state index contributed by atoms with van der Waals surface area (Å²) >= 11 is 1.99. The minimum atomic E-state index is 0.509. The third-order valence-corrected chi connectivity index (χ3v) is 4.18. The summed E-state index contributed by atoms with van der Waals surface area (Å²) in [6.45, 7) is 7.19. The molecule has 5 heteroatoms. The van der Waals surface area contributed by atoms with E-state index in [2.05, 4.69) is 29.4 Å². The van der Waals surface area contributed by atoms with Gasteiger partial charge in [0, 0.05) is 18.2 Å². The number of H-pyrrole nitrogens is 1. The van der Waals surface area contributed by atoms with Gasteiger partial charge in [-0.15, -0.1) is 0 Å². The highest BCUT2D eigenvalue weighted by Crippen LogP contribution is 2.23. The monoisotopic (exact) mass is 293 g/mol. The number of rotatable bonds is 8. The molecule has 2 N–H and O–H groups in total. The molecule has 0 fully saturated rings. The summed E-state index contributed by atoms with van der Waals surface area (Å²) in [5.41, 5.74) is 2.12. The average Bonchev–Trinajstić information content (AvgIpc) is 3.05. The fraction of sp³-hybridized carbons (Fsp3) is 0.533. The zero-order valence-corrected chi connectivity index (χ0v) is 13.2. The highest BCUT2D eigenvalue weighted by Gasteiger charge is 2.11. The van der Waals surface area contributed by atoms with E-state index in [-0.39, 0.29) is 0 Å². The Morgan fingerprint density at radius 3 is 3.00 bits per heavy atom. The maximum atomic E-state index is 5.65. The lowest BCUT2D eigenvalue weighted by Gasteiger charge is -2.13. The van der Waals surface area contributed by atoms with Gasteiger partial charge < -0.3 is 9.73 Å². The topological polar surface area (TPSA) is 53.9 Å². The molecule has 0 aliphatic heterocycles. The molecule has 1 unspecified atom stereocenters. The number of furan rings is 1. The van der Waals surface area contributed by atoms with E-state index >= 15 is 0 Å². The molecule has 0 spiro atoms. The Morgan fingerprint density at radius 2 is 2.30 bits per heavy atom. The van der Waals surface area contributed by atoms with Crippen LogP contribution in [0.3, 0.4) is 0 Å². The fourth-order valence-electron chi connectivity index (χ4n) is 2.02. The van der Waals surface area contributed by atoms with Crippen LogP contribution in [0.5, 0.6) is 0 Å². The first-order chi connectivity index (χ1) is 9.70. The van der Waals surface area contributed by atoms with Gasteiger partial charge in [-0.2, -0.15) is 16.9 Å². The minimum absolute atomic E-state index is 0.509. The van der Waals surface area contributed by atoms with Crippen LogP contribution in [0.25, 0.3) is 11.5 Å². The number of aromatic nitrogens is 2. The summed E-state index contributed by atoms with van der Waals surface area (Å²) in [5, 5.41) is 10.7. The van der Waals surface area contributed by atoms with Crippen LogP contribution in [0.4, 0.5) is 0 Å². The molecule has 2 rings (SSSR count). The predicted molar refractivity (Wildman–Crippen MR) is 84.9 cm³/mol. The molecule has 110 valence electrons. The van der Waals surface area contributed by atoms with Crippen molar-refractivity contribution in [2.75, 3.05) is 11.5 Å². The van der Waals surface area contributed by atoms with Crippen molar-refractivity contribution in [3.05, 3.63) is 29.7 Å². The molecule has 1 atom stereocenters. The Labute approximate surface area is 124 Å². The van der Waals surface area contributed by atoms with E-state index in [1.165, 1.54) is 17.9 Å². The highest BCUT2D eigenvalue weighted by molar-refractivity contribution is 7.99. The quantitative estimate of drug-likeness (QED) is 0.730. The minimum Gasteiger partial charge on any atom is -0.460 e. The molecule has 2 aromatic rings. The van der Waals surface area contributed by atoms with E-state index in [0.29, 0.717) is 6.04 Å². The van der Waals surface area contributed by atoms with Gasteiger partial charge >= 0.3 is 0 Å². The lowest BCUT2D eigenvalue weighted by molar-refractivity contribution is 0.531. The van der Waals surface area contributed by atoms with Crippen LogP contribution >= 0.6 is 11.8 Å². The lowest BCUT2D eigenvalue weighted by Crippen LogP contribution is -2.26. The summed E-state index contributed by atoms with van der Waals surface area (Å²) < 4.78 is 5.65. The summed E-state index contributed by atoms with van der Waals surface area (Å²) in [5.74, 6) is 4.17. The van der Waals surface area contributed by atoms with Crippen molar-refractivity contribution in [2.24, 2.45) is 0 Å². The third-order valence-electron chi connectivity index (χ3n) is 3.24. The fourth-order valence-corrected chi connectivity index (χ4v) is 2.83. The molecular weight excluding hydrogens is 270 g/mol. The standard InChI is InChI=1S/C15H23N3OS/c1-4-20-8-7-11(2)16-9-13-10-17-18-15(13)14-6-5-12(3)19-14/h5-6,10-11,16H,4,7-9H2,1-3H3,(H,17,18). The summed E-state index contributed by atoms with van der Waals surface area (Å²) in [6, 6.07) is 4.46. The first-order valence-electron chi connectivity index (χ1n) is 7.11. The van der Waals surface area contributed by atoms with Crippen molar-refractivity contribution in [1.29, 1.82) is 0 Å². The van der Waals surface area contributed by atoms with Crippen molar-refractivity contribution in [3.63, 3.8) is 0 Å². The van der Waals surface area contributed by atoms with Gasteiger partial charge in [0.15, 0.2) is 5.76 Å². The second kappa shape index (κ2) is 7.55. The van der Waals surface area contributed by atoms with Crippen LogP contribution in [0, 0.1) is 6.92 Å². The van der Waals surface area contributed by atoms with Crippen LogP contribution < -0.4 is 5.32 Å². The van der Waals surface area contributed by atoms with Crippen molar-refractivity contribution in [1.82, 2.24) is 15.5 Å². The van der Waals surface area contributed by atoms with E-state index in [0.717, 1.165) is 29.3 Å². The molecule has 4 nitrogen and oxygen atoms in total. The zero-order chi connectivity index (χ0) is 14.4. The van der Waals surface area contributed by atoms with Crippen molar-refractivity contribution in [3.8, 4) is 11.5 Å². The Balaban J connectivity index is 1.89. The van der Waals surface area contributed by atoms with Gasteiger partial charge in [-0.3, -0.25) is 5.10 Å². The molecule has 0 aliphatic carbocycles. The van der Waals surface area contributed by atoms with Crippen molar-refractivity contribution >= 4 is 11.8 Å². The molecule has 0 saturated heterocycles. The summed E-state index contributed by atoms with van der Waals surface area (Å²) in [4.78, 5) is 0. The van der Waals surface area contributed by atoms with Gasteiger partial charge in [0.05, 0.1) is 6.20 Å². The van der Waals surface area contributed by atoms with Crippen LogP contribution in [0.2, 0.25) is 0 Å². The van der Waals surface area contributed by atoms with Crippen LogP contribution in [0.15, 0.2) is 22.7 Å². The number of hydrogen-bond acceptors (Lipinski definition) is 4. The second-order valence-electron chi connectivity index (χ2n) is 4.95. The predicted octanol–water partition coefficient (Wildman–Crippen LogP) is 3.60. The number of hydrogen-bond donors (Lipinski definition) is 2. The smallest absolute Gasteiger partial charge is 0.152 e. The van der Waals surface area contributed by atoms with Gasteiger partial charge in [-0.05, 0) is 43.9 Å². The Hall–Kier alpha value is -1.20.